The standard InChI is InChI=1S/C20H21N7O/c21-19-18(25-15(13-24-19)14-4-2-1-3-5-14)20(28)26-16-12-23-7-6-17(16)27-10-8-22-9-11-27/h1-7,12-13,22H,8-11H2,(H2,21,24)(H,26,28). The molecule has 142 valence electrons. The molecule has 0 unspecified atom stereocenters. The van der Waals surface area contributed by atoms with E-state index in [1.54, 1.807) is 18.6 Å². The van der Waals surface area contributed by atoms with Gasteiger partial charge < -0.3 is 21.3 Å². The number of nitrogens with two attached hydrogens (primary N) is 1. The molecular weight excluding hydrogens is 354 g/mol. The summed E-state index contributed by atoms with van der Waals surface area (Å²) in [5.74, 6) is -0.322. The molecule has 0 atom stereocenters. The highest BCUT2D eigenvalue weighted by Crippen LogP contribution is 2.26. The van der Waals surface area contributed by atoms with Gasteiger partial charge in [0.05, 0.1) is 29.5 Å². The van der Waals surface area contributed by atoms with E-state index in [9.17, 15) is 4.79 Å². The first-order valence-electron chi connectivity index (χ1n) is 9.11. The lowest BCUT2D eigenvalue weighted by atomic mass is 10.1. The number of benzene rings is 1. The molecule has 3 heterocycles. The Labute approximate surface area is 162 Å². The highest BCUT2D eigenvalue weighted by molar-refractivity contribution is 6.07. The first-order chi connectivity index (χ1) is 13.7. The van der Waals surface area contributed by atoms with E-state index in [1.165, 1.54) is 0 Å². The minimum absolute atomic E-state index is 0.0878. The van der Waals surface area contributed by atoms with Crippen LogP contribution in [0, 0.1) is 0 Å². The molecule has 1 aliphatic rings. The van der Waals surface area contributed by atoms with Crippen molar-refractivity contribution in [2.75, 3.05) is 42.1 Å². The predicted octanol–water partition coefficient (Wildman–Crippen LogP) is 1.78. The van der Waals surface area contributed by atoms with Crippen molar-refractivity contribution in [1.82, 2.24) is 20.3 Å². The first kappa shape index (κ1) is 17.9. The number of rotatable bonds is 4. The lowest BCUT2D eigenvalue weighted by Gasteiger charge is -2.30. The van der Waals surface area contributed by atoms with Crippen molar-refractivity contribution in [3.63, 3.8) is 0 Å². The van der Waals surface area contributed by atoms with Crippen molar-refractivity contribution >= 4 is 23.1 Å². The van der Waals surface area contributed by atoms with Crippen LogP contribution in [0.4, 0.5) is 17.2 Å². The lowest BCUT2D eigenvalue weighted by molar-refractivity contribution is 0.102. The van der Waals surface area contributed by atoms with Gasteiger partial charge >= 0.3 is 0 Å². The number of nitrogen functional groups attached to an aromatic ring is 1. The molecule has 4 rings (SSSR count). The molecule has 1 aliphatic heterocycles. The third-order valence-corrected chi connectivity index (χ3v) is 4.59. The summed E-state index contributed by atoms with van der Waals surface area (Å²) in [6, 6.07) is 11.4. The summed E-state index contributed by atoms with van der Waals surface area (Å²) in [6.07, 6.45) is 4.93. The number of piperazine rings is 1. The number of hydrogen-bond acceptors (Lipinski definition) is 7. The van der Waals surface area contributed by atoms with Gasteiger partial charge in [-0.05, 0) is 6.07 Å². The van der Waals surface area contributed by atoms with Crippen LogP contribution in [0.1, 0.15) is 10.5 Å². The molecule has 0 spiro atoms. The molecule has 8 heteroatoms. The maximum Gasteiger partial charge on any atom is 0.278 e. The van der Waals surface area contributed by atoms with Gasteiger partial charge in [-0.1, -0.05) is 30.3 Å². The SMILES string of the molecule is Nc1ncc(-c2ccccc2)nc1C(=O)Nc1cnccc1N1CCNCC1. The number of aromatic nitrogens is 3. The van der Waals surface area contributed by atoms with E-state index in [2.05, 4.69) is 30.5 Å². The molecule has 0 bridgehead atoms. The Morgan fingerprint density at radius 3 is 2.68 bits per heavy atom. The monoisotopic (exact) mass is 375 g/mol. The maximum absolute atomic E-state index is 12.9. The van der Waals surface area contributed by atoms with Crippen molar-refractivity contribution in [2.24, 2.45) is 0 Å². The summed E-state index contributed by atoms with van der Waals surface area (Å²) >= 11 is 0. The van der Waals surface area contributed by atoms with E-state index in [1.807, 2.05) is 36.4 Å². The van der Waals surface area contributed by atoms with E-state index in [4.69, 9.17) is 5.73 Å². The topological polar surface area (TPSA) is 109 Å². The molecule has 8 nitrogen and oxygen atoms in total. The van der Waals surface area contributed by atoms with Gasteiger partial charge in [0, 0.05) is 37.9 Å². The van der Waals surface area contributed by atoms with Gasteiger partial charge in [0.2, 0.25) is 0 Å². The van der Waals surface area contributed by atoms with Crippen molar-refractivity contribution in [1.29, 1.82) is 0 Å². The first-order valence-corrected chi connectivity index (χ1v) is 9.11. The molecule has 4 N–H and O–H groups in total. The third kappa shape index (κ3) is 3.77. The van der Waals surface area contributed by atoms with Crippen molar-refractivity contribution < 1.29 is 4.79 Å². The zero-order valence-electron chi connectivity index (χ0n) is 15.3. The minimum Gasteiger partial charge on any atom is -0.382 e. The van der Waals surface area contributed by atoms with Crippen LogP contribution >= 0.6 is 0 Å². The molecule has 0 aliphatic carbocycles. The fourth-order valence-corrected chi connectivity index (χ4v) is 3.16. The number of nitrogens with one attached hydrogen (secondary N) is 2. The molecule has 2 aromatic heterocycles. The minimum atomic E-state index is -0.410. The van der Waals surface area contributed by atoms with E-state index in [-0.39, 0.29) is 11.5 Å². The second-order valence-electron chi connectivity index (χ2n) is 6.44. The zero-order valence-corrected chi connectivity index (χ0v) is 15.3. The number of anilines is 3. The third-order valence-electron chi connectivity index (χ3n) is 4.59. The largest absolute Gasteiger partial charge is 0.382 e. The normalized spacial score (nSPS) is 13.9. The van der Waals surface area contributed by atoms with E-state index >= 15 is 0 Å². The van der Waals surface area contributed by atoms with Crippen molar-refractivity contribution in [3.8, 4) is 11.3 Å². The molecule has 1 aromatic carbocycles. The van der Waals surface area contributed by atoms with E-state index in [0.29, 0.717) is 11.4 Å². The summed E-state index contributed by atoms with van der Waals surface area (Å²) < 4.78 is 0. The Kier molecular flexibility index (Phi) is 5.11. The number of amides is 1. The van der Waals surface area contributed by atoms with Crippen LogP contribution in [0.3, 0.4) is 0 Å². The smallest absolute Gasteiger partial charge is 0.278 e. The summed E-state index contributed by atoms with van der Waals surface area (Å²) in [5.41, 5.74) is 9.04. The summed E-state index contributed by atoms with van der Waals surface area (Å²) in [4.78, 5) is 27.9. The molecule has 3 aromatic rings. The highest BCUT2D eigenvalue weighted by atomic mass is 16.1. The molecule has 1 amide bonds. The molecule has 28 heavy (non-hydrogen) atoms. The number of nitrogens with zero attached hydrogens (tertiary/aromatic N) is 4. The van der Waals surface area contributed by atoms with Crippen molar-refractivity contribution in [2.45, 2.75) is 0 Å². The van der Waals surface area contributed by atoms with Gasteiger partial charge in [0.1, 0.15) is 0 Å². The Balaban J connectivity index is 1.61. The number of carbonyl (C=O) groups is 1. The fourth-order valence-electron chi connectivity index (χ4n) is 3.16. The Morgan fingerprint density at radius 2 is 1.89 bits per heavy atom. The second-order valence-corrected chi connectivity index (χ2v) is 6.44. The summed E-state index contributed by atoms with van der Waals surface area (Å²) in [5, 5.41) is 6.22. The van der Waals surface area contributed by atoms with Crippen LogP contribution in [0.5, 0.6) is 0 Å². The zero-order chi connectivity index (χ0) is 19.3. The Bertz CT molecular complexity index is 971. The quantitative estimate of drug-likeness (QED) is 0.638. The highest BCUT2D eigenvalue weighted by Gasteiger charge is 2.19. The average Bonchev–Trinajstić information content (AvgIpc) is 2.75. The summed E-state index contributed by atoms with van der Waals surface area (Å²) in [6.45, 7) is 3.51. The van der Waals surface area contributed by atoms with Crippen LogP contribution in [0.2, 0.25) is 0 Å². The fraction of sp³-hybridized carbons (Fsp3) is 0.200. The van der Waals surface area contributed by atoms with Crippen LogP contribution in [-0.4, -0.2) is 47.0 Å². The van der Waals surface area contributed by atoms with Gasteiger partial charge in [-0.3, -0.25) is 9.78 Å². The Morgan fingerprint density at radius 1 is 1.11 bits per heavy atom. The van der Waals surface area contributed by atoms with Gasteiger partial charge in [-0.25, -0.2) is 9.97 Å². The molecule has 1 saturated heterocycles. The predicted molar refractivity (Wildman–Crippen MR) is 109 cm³/mol. The molecule has 0 saturated carbocycles. The molecule has 1 fully saturated rings. The van der Waals surface area contributed by atoms with E-state index in [0.717, 1.165) is 37.4 Å². The van der Waals surface area contributed by atoms with Crippen LogP contribution < -0.4 is 21.3 Å². The summed E-state index contributed by atoms with van der Waals surface area (Å²) in [7, 11) is 0. The number of hydrogen-bond donors (Lipinski definition) is 3. The van der Waals surface area contributed by atoms with Crippen LogP contribution in [-0.2, 0) is 0 Å². The van der Waals surface area contributed by atoms with E-state index < -0.39 is 5.91 Å². The van der Waals surface area contributed by atoms with Crippen LogP contribution in [0.25, 0.3) is 11.3 Å². The molecular formula is C20H21N7O. The van der Waals surface area contributed by atoms with Gasteiger partial charge in [0.25, 0.3) is 5.91 Å². The lowest BCUT2D eigenvalue weighted by Crippen LogP contribution is -2.43. The van der Waals surface area contributed by atoms with Crippen LogP contribution in [0.15, 0.2) is 55.0 Å². The maximum atomic E-state index is 12.9. The van der Waals surface area contributed by atoms with Crippen molar-refractivity contribution in [3.05, 3.63) is 60.7 Å². The molecule has 0 radical (unpaired) electrons. The Hall–Kier alpha value is -3.52. The van der Waals surface area contributed by atoms with Gasteiger partial charge in [0.15, 0.2) is 11.5 Å². The van der Waals surface area contributed by atoms with Gasteiger partial charge in [-0.15, -0.1) is 0 Å². The number of pyridine rings is 1. The second kappa shape index (κ2) is 8.01. The number of carbonyl (C=O) groups excluding carboxylic acids is 1. The average molecular weight is 375 g/mol. The van der Waals surface area contributed by atoms with Gasteiger partial charge in [-0.2, -0.15) is 0 Å².